The monoisotopic (exact) mass is 302 g/mol. The van der Waals surface area contributed by atoms with E-state index in [1.807, 2.05) is 41.1 Å². The average molecular weight is 302 g/mol. The van der Waals surface area contributed by atoms with Crippen LogP contribution in [0.4, 0.5) is 0 Å². The van der Waals surface area contributed by atoms with Crippen LogP contribution in [0, 0.1) is 5.92 Å². The molecule has 5 heteroatoms. The van der Waals surface area contributed by atoms with Crippen LogP contribution < -0.4 is 4.74 Å². The van der Waals surface area contributed by atoms with Crippen molar-refractivity contribution in [2.24, 2.45) is 5.92 Å². The highest BCUT2D eigenvalue weighted by Gasteiger charge is 2.40. The molecule has 2 amide bonds. The van der Waals surface area contributed by atoms with E-state index in [-0.39, 0.29) is 23.8 Å². The van der Waals surface area contributed by atoms with Gasteiger partial charge in [-0.25, -0.2) is 0 Å². The molecule has 3 aliphatic heterocycles. The molecule has 3 heterocycles. The number of hydrogen-bond donors (Lipinski definition) is 0. The fraction of sp³-hybridized carbons (Fsp3) is 0.529. The molecular formula is C17H22N2O3. The maximum Gasteiger partial charge on any atom is 0.227 e. The van der Waals surface area contributed by atoms with Crippen LogP contribution in [0.25, 0.3) is 0 Å². The lowest BCUT2D eigenvalue weighted by Crippen LogP contribution is -2.45. The van der Waals surface area contributed by atoms with Crippen LogP contribution in [0.3, 0.4) is 0 Å². The van der Waals surface area contributed by atoms with Gasteiger partial charge in [0.2, 0.25) is 11.8 Å². The standard InChI is InChI=1S/C17H22N2O3/c1-18-14-8-7-13(17(18)21)10-19(11-14)16(20)9-12-5-3-4-6-15(12)22-2/h3-6,13-14H,7-11H2,1-2H3/t13-,14+/m0/s1. The van der Waals surface area contributed by atoms with E-state index in [1.165, 1.54) is 0 Å². The largest absolute Gasteiger partial charge is 0.496 e. The number of nitrogens with zero attached hydrogens (tertiary/aromatic N) is 2. The lowest BCUT2D eigenvalue weighted by molar-refractivity contribution is -0.138. The molecule has 3 aliphatic rings. The summed E-state index contributed by atoms with van der Waals surface area (Å²) < 4.78 is 5.31. The number of methoxy groups -OCH3 is 1. The third-order valence-electron chi connectivity index (χ3n) is 4.85. The Bertz CT molecular complexity index is 587. The molecule has 0 aliphatic carbocycles. The molecule has 22 heavy (non-hydrogen) atoms. The van der Waals surface area contributed by atoms with Crippen LogP contribution in [-0.2, 0) is 16.0 Å². The third-order valence-corrected chi connectivity index (χ3v) is 4.85. The van der Waals surface area contributed by atoms with Gasteiger partial charge in [0.15, 0.2) is 0 Å². The number of piperidine rings is 1. The van der Waals surface area contributed by atoms with Gasteiger partial charge in [-0.15, -0.1) is 0 Å². The van der Waals surface area contributed by atoms with Gasteiger partial charge in [0.1, 0.15) is 5.75 Å². The minimum absolute atomic E-state index is 0.0367. The van der Waals surface area contributed by atoms with Gasteiger partial charge < -0.3 is 14.5 Å². The van der Waals surface area contributed by atoms with Crippen molar-refractivity contribution >= 4 is 11.8 Å². The van der Waals surface area contributed by atoms with E-state index in [0.29, 0.717) is 19.5 Å². The van der Waals surface area contributed by atoms with Gasteiger partial charge in [-0.05, 0) is 18.9 Å². The second kappa shape index (κ2) is 5.99. The normalized spacial score (nSPS) is 24.4. The van der Waals surface area contributed by atoms with Crippen molar-refractivity contribution in [3.05, 3.63) is 29.8 Å². The first-order chi connectivity index (χ1) is 10.6. The molecule has 2 atom stereocenters. The second-order valence-corrected chi connectivity index (χ2v) is 6.16. The number of rotatable bonds is 3. The van der Waals surface area contributed by atoms with E-state index >= 15 is 0 Å². The second-order valence-electron chi connectivity index (χ2n) is 6.16. The minimum Gasteiger partial charge on any atom is -0.496 e. The molecule has 118 valence electrons. The van der Waals surface area contributed by atoms with Crippen LogP contribution in [0.15, 0.2) is 24.3 Å². The van der Waals surface area contributed by atoms with Gasteiger partial charge in [-0.3, -0.25) is 9.59 Å². The predicted molar refractivity (Wildman–Crippen MR) is 82.6 cm³/mol. The molecule has 0 radical (unpaired) electrons. The highest BCUT2D eigenvalue weighted by molar-refractivity contribution is 5.84. The zero-order valence-corrected chi connectivity index (χ0v) is 13.1. The Morgan fingerprint density at radius 2 is 2.05 bits per heavy atom. The van der Waals surface area contributed by atoms with Crippen molar-refractivity contribution in [2.45, 2.75) is 25.3 Å². The highest BCUT2D eigenvalue weighted by Crippen LogP contribution is 2.28. The molecule has 4 rings (SSSR count). The van der Waals surface area contributed by atoms with Crippen molar-refractivity contribution in [1.29, 1.82) is 0 Å². The Balaban J connectivity index is 1.74. The first-order valence-corrected chi connectivity index (χ1v) is 7.76. The number of amides is 2. The molecule has 2 bridgehead atoms. The van der Waals surface area contributed by atoms with Crippen LogP contribution in [0.1, 0.15) is 18.4 Å². The SMILES string of the molecule is COc1ccccc1CC(=O)N1C[C@@H]2CC[C@H](C1)N(C)C2=O. The van der Waals surface area contributed by atoms with Crippen LogP contribution >= 0.6 is 0 Å². The number of fused-ring (bicyclic) bond motifs is 4. The van der Waals surface area contributed by atoms with E-state index in [1.54, 1.807) is 7.11 Å². The molecule has 0 aromatic heterocycles. The average Bonchev–Trinajstić information content (AvgIpc) is 2.82. The number of para-hydroxylation sites is 1. The number of hydrogen-bond acceptors (Lipinski definition) is 3. The maximum atomic E-state index is 12.7. The maximum absolute atomic E-state index is 12.7. The molecule has 1 aromatic carbocycles. The zero-order valence-electron chi connectivity index (χ0n) is 13.1. The Kier molecular flexibility index (Phi) is 4.05. The molecule has 1 aromatic rings. The lowest BCUT2D eigenvalue weighted by atomic mass is 9.95. The number of carbonyl (C=O) groups is 2. The molecular weight excluding hydrogens is 280 g/mol. The molecule has 0 unspecified atom stereocenters. The summed E-state index contributed by atoms with van der Waals surface area (Å²) in [5.74, 6) is 0.959. The summed E-state index contributed by atoms with van der Waals surface area (Å²) in [6, 6.07) is 7.75. The van der Waals surface area contributed by atoms with Gasteiger partial charge in [0.05, 0.1) is 19.4 Å². The first kappa shape index (κ1) is 14.9. The predicted octanol–water partition coefficient (Wildman–Crippen LogP) is 1.32. The summed E-state index contributed by atoms with van der Waals surface area (Å²) in [5, 5.41) is 0. The summed E-state index contributed by atoms with van der Waals surface area (Å²) in [7, 11) is 3.47. The van der Waals surface area contributed by atoms with Crippen LogP contribution in [0.5, 0.6) is 5.75 Å². The molecule has 0 spiro atoms. The number of carbonyl (C=O) groups excluding carboxylic acids is 2. The molecule has 3 saturated heterocycles. The zero-order chi connectivity index (χ0) is 15.7. The third kappa shape index (κ3) is 2.67. The van der Waals surface area contributed by atoms with Crippen molar-refractivity contribution in [2.75, 3.05) is 27.2 Å². The number of likely N-dealkylation sites (N-methyl/N-ethyl adjacent to an activating group) is 1. The minimum atomic E-state index is -0.0367. The van der Waals surface area contributed by atoms with E-state index in [9.17, 15) is 9.59 Å². The van der Waals surface area contributed by atoms with Crippen molar-refractivity contribution in [3.8, 4) is 5.75 Å². The summed E-state index contributed by atoms with van der Waals surface area (Å²) in [5.41, 5.74) is 0.895. The van der Waals surface area contributed by atoms with Crippen molar-refractivity contribution in [3.63, 3.8) is 0 Å². The fourth-order valence-electron chi connectivity index (χ4n) is 3.48. The smallest absolute Gasteiger partial charge is 0.227 e. The van der Waals surface area contributed by atoms with Gasteiger partial charge in [-0.1, -0.05) is 18.2 Å². The summed E-state index contributed by atoms with van der Waals surface area (Å²) in [4.78, 5) is 28.5. The lowest BCUT2D eigenvalue weighted by Gasteiger charge is -2.32. The summed E-state index contributed by atoms with van der Waals surface area (Å²) >= 11 is 0. The Morgan fingerprint density at radius 1 is 1.27 bits per heavy atom. The Morgan fingerprint density at radius 3 is 2.82 bits per heavy atom. The van der Waals surface area contributed by atoms with Crippen molar-refractivity contribution in [1.82, 2.24) is 9.80 Å². The van der Waals surface area contributed by atoms with Crippen molar-refractivity contribution < 1.29 is 14.3 Å². The Labute approximate surface area is 130 Å². The fourth-order valence-corrected chi connectivity index (χ4v) is 3.48. The van der Waals surface area contributed by atoms with Gasteiger partial charge in [0.25, 0.3) is 0 Å². The van der Waals surface area contributed by atoms with E-state index < -0.39 is 0 Å². The van der Waals surface area contributed by atoms with E-state index in [4.69, 9.17) is 4.74 Å². The van der Waals surface area contributed by atoms with E-state index in [0.717, 1.165) is 24.2 Å². The van der Waals surface area contributed by atoms with E-state index in [2.05, 4.69) is 0 Å². The molecule has 3 fully saturated rings. The highest BCUT2D eigenvalue weighted by atomic mass is 16.5. The Hall–Kier alpha value is -2.04. The molecule has 0 saturated carbocycles. The summed E-state index contributed by atoms with van der Waals surface area (Å²) in [6.07, 6.45) is 2.21. The number of ether oxygens (including phenoxy) is 1. The molecule has 5 nitrogen and oxygen atoms in total. The topological polar surface area (TPSA) is 49.9 Å². The molecule has 0 N–H and O–H groups in total. The number of benzene rings is 1. The van der Waals surface area contributed by atoms with Crippen LogP contribution in [-0.4, -0.2) is 54.9 Å². The van der Waals surface area contributed by atoms with Crippen LogP contribution in [0.2, 0.25) is 0 Å². The quantitative estimate of drug-likeness (QED) is 0.846. The summed E-state index contributed by atoms with van der Waals surface area (Å²) in [6.45, 7) is 1.19. The van der Waals surface area contributed by atoms with Gasteiger partial charge >= 0.3 is 0 Å². The van der Waals surface area contributed by atoms with Gasteiger partial charge in [-0.2, -0.15) is 0 Å². The first-order valence-electron chi connectivity index (χ1n) is 7.76. The van der Waals surface area contributed by atoms with Gasteiger partial charge in [0, 0.05) is 31.7 Å².